The fourth-order valence-electron chi connectivity index (χ4n) is 4.72. The van der Waals surface area contributed by atoms with Crippen molar-refractivity contribution >= 4 is 35.0 Å². The summed E-state index contributed by atoms with van der Waals surface area (Å²) in [4.78, 5) is 30.8. The Morgan fingerprint density at radius 1 is 1.16 bits per heavy atom. The maximum atomic E-state index is 13.1. The number of benzene rings is 1. The van der Waals surface area contributed by atoms with Crippen LogP contribution in [-0.2, 0) is 25.4 Å². The molecule has 1 fully saturated rings. The number of alkyl carbamates (subject to hydrolysis) is 1. The lowest BCUT2D eigenvalue weighted by molar-refractivity contribution is -0.234. The van der Waals surface area contributed by atoms with E-state index in [4.69, 9.17) is 30.2 Å². The predicted molar refractivity (Wildman–Crippen MR) is 163 cm³/mol. The highest BCUT2D eigenvalue weighted by atomic mass is 35.5. The van der Waals surface area contributed by atoms with E-state index in [1.165, 1.54) is 11.3 Å². The van der Waals surface area contributed by atoms with Gasteiger partial charge in [-0.2, -0.15) is 0 Å². The molecule has 4 rings (SSSR count). The van der Waals surface area contributed by atoms with Crippen molar-refractivity contribution in [2.45, 2.75) is 89.6 Å². The minimum absolute atomic E-state index is 0.284. The SMILES string of the molecule is CCC(C)C(NC(=O)OC(C)(C)C)C(=O)OC[C@H]1O[C@@H](c2ccc(Cl)c(Cc3ncc(-c4ccco4)s3)c2)[C@H](O)[C@H](O)[C@H]1O. The number of aliphatic hydroxyl groups is 3. The van der Waals surface area contributed by atoms with E-state index in [1.807, 2.05) is 13.0 Å². The van der Waals surface area contributed by atoms with E-state index in [2.05, 4.69) is 10.3 Å². The van der Waals surface area contributed by atoms with Gasteiger partial charge in [0, 0.05) is 17.6 Å². The summed E-state index contributed by atoms with van der Waals surface area (Å²) in [5.74, 6) is -0.320. The smallest absolute Gasteiger partial charge is 0.408 e. The molecule has 1 aromatic carbocycles. The Labute approximate surface area is 265 Å². The van der Waals surface area contributed by atoms with Crippen LogP contribution in [0.4, 0.5) is 4.79 Å². The maximum Gasteiger partial charge on any atom is 0.408 e. The number of nitrogens with one attached hydrogen (secondary N) is 1. The van der Waals surface area contributed by atoms with Crippen LogP contribution in [0.15, 0.2) is 47.2 Å². The number of ether oxygens (including phenoxy) is 3. The number of hydrogen-bond acceptors (Lipinski definition) is 11. The molecule has 3 heterocycles. The summed E-state index contributed by atoms with van der Waals surface area (Å²) in [5, 5.41) is 36.0. The minimum atomic E-state index is -1.59. The van der Waals surface area contributed by atoms with E-state index >= 15 is 0 Å². The van der Waals surface area contributed by atoms with Gasteiger partial charge < -0.3 is 39.3 Å². The molecule has 13 heteroatoms. The van der Waals surface area contributed by atoms with E-state index in [9.17, 15) is 24.9 Å². The van der Waals surface area contributed by atoms with Gasteiger partial charge in [-0.1, -0.05) is 44.0 Å². The van der Waals surface area contributed by atoms with Gasteiger partial charge in [-0.3, -0.25) is 0 Å². The number of carbonyl (C=O) groups is 2. The van der Waals surface area contributed by atoms with Crippen molar-refractivity contribution in [1.82, 2.24) is 10.3 Å². The quantitative estimate of drug-likeness (QED) is 0.227. The lowest BCUT2D eigenvalue weighted by Gasteiger charge is -2.40. The third-order valence-electron chi connectivity index (χ3n) is 7.30. The fraction of sp³-hybridized carbons (Fsp3) is 0.516. The largest absolute Gasteiger partial charge is 0.463 e. The van der Waals surface area contributed by atoms with Crippen molar-refractivity contribution in [1.29, 1.82) is 0 Å². The number of esters is 1. The molecule has 240 valence electrons. The van der Waals surface area contributed by atoms with E-state index in [1.54, 1.807) is 64.4 Å². The molecular formula is C31H39ClN2O9S. The highest BCUT2D eigenvalue weighted by Crippen LogP contribution is 2.35. The molecule has 44 heavy (non-hydrogen) atoms. The second-order valence-corrected chi connectivity index (χ2v) is 13.4. The van der Waals surface area contributed by atoms with Gasteiger partial charge in [-0.15, -0.1) is 11.3 Å². The molecule has 0 spiro atoms. The molecule has 4 N–H and O–H groups in total. The Kier molecular flexibility index (Phi) is 11.1. The summed E-state index contributed by atoms with van der Waals surface area (Å²) < 4.78 is 22.2. The van der Waals surface area contributed by atoms with Gasteiger partial charge in [0.05, 0.1) is 16.1 Å². The van der Waals surface area contributed by atoms with Crippen LogP contribution in [0.25, 0.3) is 10.6 Å². The molecule has 2 unspecified atom stereocenters. The number of halogens is 1. The molecule has 11 nitrogen and oxygen atoms in total. The first-order chi connectivity index (χ1) is 20.8. The number of amides is 1. The number of furan rings is 1. The number of carbonyl (C=O) groups excluding carboxylic acids is 2. The van der Waals surface area contributed by atoms with E-state index in [0.717, 1.165) is 9.88 Å². The van der Waals surface area contributed by atoms with Crippen molar-refractivity contribution < 1.29 is 43.5 Å². The Morgan fingerprint density at radius 3 is 2.57 bits per heavy atom. The molecule has 1 saturated heterocycles. The second-order valence-electron chi connectivity index (χ2n) is 11.8. The molecule has 0 radical (unpaired) electrons. The normalized spacial score (nSPS) is 23.5. The number of rotatable bonds is 10. The zero-order valence-corrected chi connectivity index (χ0v) is 26.8. The molecule has 7 atom stereocenters. The zero-order chi connectivity index (χ0) is 32.2. The fourth-order valence-corrected chi connectivity index (χ4v) is 5.81. The Morgan fingerprint density at radius 2 is 1.91 bits per heavy atom. The van der Waals surface area contributed by atoms with Crippen molar-refractivity contribution in [3.63, 3.8) is 0 Å². The van der Waals surface area contributed by atoms with Gasteiger partial charge in [-0.25, -0.2) is 14.6 Å². The van der Waals surface area contributed by atoms with Crippen LogP contribution < -0.4 is 5.32 Å². The molecule has 0 aliphatic carbocycles. The van der Waals surface area contributed by atoms with Crippen LogP contribution in [0.5, 0.6) is 0 Å². The molecular weight excluding hydrogens is 612 g/mol. The first kappa shape index (κ1) is 33.9. The summed E-state index contributed by atoms with van der Waals surface area (Å²) >= 11 is 7.96. The summed E-state index contributed by atoms with van der Waals surface area (Å²) in [7, 11) is 0. The molecule has 3 aromatic rings. The van der Waals surface area contributed by atoms with Gasteiger partial charge in [0.1, 0.15) is 54.5 Å². The topological polar surface area (TPSA) is 161 Å². The van der Waals surface area contributed by atoms with Crippen LogP contribution in [-0.4, -0.2) is 75.0 Å². The molecule has 1 aliphatic rings. The number of hydrogen-bond donors (Lipinski definition) is 4. The Balaban J connectivity index is 1.46. The Hall–Kier alpha value is -3.00. The average Bonchev–Trinajstić information content (AvgIpc) is 3.67. The monoisotopic (exact) mass is 650 g/mol. The van der Waals surface area contributed by atoms with E-state index < -0.39 is 60.8 Å². The number of aromatic nitrogens is 1. The summed E-state index contributed by atoms with van der Waals surface area (Å²) in [5.41, 5.74) is 0.463. The number of thiazole rings is 1. The van der Waals surface area contributed by atoms with Crippen molar-refractivity contribution in [3.05, 3.63) is 63.9 Å². The first-order valence-corrected chi connectivity index (χ1v) is 15.6. The summed E-state index contributed by atoms with van der Waals surface area (Å²) in [6.45, 7) is 8.35. The molecule has 1 aliphatic heterocycles. The Bertz CT molecular complexity index is 1410. The minimum Gasteiger partial charge on any atom is -0.463 e. The molecule has 1 amide bonds. The highest BCUT2D eigenvalue weighted by Gasteiger charge is 2.45. The van der Waals surface area contributed by atoms with Crippen molar-refractivity contribution in [2.24, 2.45) is 5.92 Å². The zero-order valence-electron chi connectivity index (χ0n) is 25.2. The van der Waals surface area contributed by atoms with Crippen molar-refractivity contribution in [3.8, 4) is 10.6 Å². The predicted octanol–water partition coefficient (Wildman–Crippen LogP) is 4.65. The van der Waals surface area contributed by atoms with Crippen LogP contribution in [0.1, 0.15) is 63.3 Å². The lowest BCUT2D eigenvalue weighted by Crippen LogP contribution is -2.56. The van der Waals surface area contributed by atoms with Gasteiger partial charge in [0.15, 0.2) is 0 Å². The first-order valence-electron chi connectivity index (χ1n) is 14.4. The van der Waals surface area contributed by atoms with Crippen LogP contribution in [0.2, 0.25) is 5.02 Å². The standard InChI is InChI=1S/C31H39ClN2O9S/c1-6-16(2)24(34-30(39)43-31(3,4)5)29(38)41-15-21-25(35)26(36)27(37)28(42-21)17-9-10-19(32)18(12-17)13-23-33-14-22(44-23)20-8-7-11-40-20/h7-12,14,16,21,24-28,35-37H,6,13,15H2,1-5H3,(H,34,39)/t16?,21-,24?,25+,26-,27-,28+/m1/s1. The maximum absolute atomic E-state index is 13.1. The van der Waals surface area contributed by atoms with Crippen LogP contribution >= 0.6 is 22.9 Å². The number of nitrogens with zero attached hydrogens (tertiary/aromatic N) is 1. The second kappa shape index (κ2) is 14.4. The molecule has 0 saturated carbocycles. The third kappa shape index (κ3) is 8.38. The average molecular weight is 651 g/mol. The van der Waals surface area contributed by atoms with E-state index in [-0.39, 0.29) is 5.92 Å². The van der Waals surface area contributed by atoms with Gasteiger partial charge in [0.2, 0.25) is 0 Å². The van der Waals surface area contributed by atoms with Crippen molar-refractivity contribution in [2.75, 3.05) is 6.61 Å². The van der Waals surface area contributed by atoms with E-state index in [0.29, 0.717) is 34.8 Å². The van der Waals surface area contributed by atoms with Gasteiger partial charge >= 0.3 is 12.1 Å². The van der Waals surface area contributed by atoms with Crippen LogP contribution in [0, 0.1) is 5.92 Å². The molecule has 0 bridgehead atoms. The third-order valence-corrected chi connectivity index (χ3v) is 8.68. The lowest BCUT2D eigenvalue weighted by atomic mass is 9.90. The highest BCUT2D eigenvalue weighted by molar-refractivity contribution is 7.15. The summed E-state index contributed by atoms with van der Waals surface area (Å²) in [6.07, 6.45) is -3.32. The molecule has 2 aromatic heterocycles. The van der Waals surface area contributed by atoms with Crippen LogP contribution in [0.3, 0.4) is 0 Å². The van der Waals surface area contributed by atoms with Gasteiger partial charge in [-0.05, 0) is 56.0 Å². The summed E-state index contributed by atoms with van der Waals surface area (Å²) in [6, 6.07) is 7.71. The number of aliphatic hydroxyl groups excluding tert-OH is 3. The van der Waals surface area contributed by atoms with Gasteiger partial charge in [0.25, 0.3) is 0 Å².